The summed E-state index contributed by atoms with van der Waals surface area (Å²) >= 11 is 0. The zero-order valence-corrected chi connectivity index (χ0v) is 11.5. The minimum absolute atomic E-state index is 0.278. The monoisotopic (exact) mass is 259 g/mol. The summed E-state index contributed by atoms with van der Waals surface area (Å²) in [5, 5.41) is 0. The summed E-state index contributed by atoms with van der Waals surface area (Å²) in [7, 11) is 0. The Morgan fingerprint density at radius 1 is 1.37 bits per heavy atom. The van der Waals surface area contributed by atoms with E-state index in [-0.39, 0.29) is 5.97 Å². The van der Waals surface area contributed by atoms with Gasteiger partial charge in [-0.15, -0.1) is 0 Å². The molecule has 102 valence electrons. The van der Waals surface area contributed by atoms with Crippen molar-refractivity contribution in [1.82, 2.24) is 4.90 Å². The lowest BCUT2D eigenvalue weighted by Crippen LogP contribution is -2.28. The molecule has 0 amide bonds. The van der Waals surface area contributed by atoms with Gasteiger partial charge >= 0.3 is 5.97 Å². The van der Waals surface area contributed by atoms with E-state index in [9.17, 15) is 4.79 Å². The summed E-state index contributed by atoms with van der Waals surface area (Å²) in [6, 6.07) is 8.52. The highest BCUT2D eigenvalue weighted by Crippen LogP contribution is 2.19. The SMILES string of the molecule is C=C(CN1CCCc2ccccc2C1)C(=O)OCC. The second-order valence-electron chi connectivity index (χ2n) is 4.91. The zero-order chi connectivity index (χ0) is 13.7. The maximum Gasteiger partial charge on any atom is 0.334 e. The normalized spacial score (nSPS) is 15.4. The Bertz CT molecular complexity index is 468. The predicted molar refractivity (Wildman–Crippen MR) is 75.8 cm³/mol. The third-order valence-electron chi connectivity index (χ3n) is 3.41. The highest BCUT2D eigenvalue weighted by molar-refractivity contribution is 5.88. The van der Waals surface area contributed by atoms with Gasteiger partial charge < -0.3 is 4.74 Å². The van der Waals surface area contributed by atoms with E-state index in [1.165, 1.54) is 11.1 Å². The van der Waals surface area contributed by atoms with Crippen molar-refractivity contribution in [1.29, 1.82) is 0 Å². The highest BCUT2D eigenvalue weighted by atomic mass is 16.5. The number of benzene rings is 1. The van der Waals surface area contributed by atoms with Gasteiger partial charge in [0.05, 0.1) is 6.61 Å². The van der Waals surface area contributed by atoms with Crippen LogP contribution in [0.1, 0.15) is 24.5 Å². The maximum absolute atomic E-state index is 11.6. The molecular formula is C16H21NO2. The lowest BCUT2D eigenvalue weighted by Gasteiger charge is -2.20. The van der Waals surface area contributed by atoms with Crippen molar-refractivity contribution in [2.24, 2.45) is 0 Å². The summed E-state index contributed by atoms with van der Waals surface area (Å²) in [6.45, 7) is 8.52. The molecule has 0 saturated carbocycles. The number of fused-ring (bicyclic) bond motifs is 1. The maximum atomic E-state index is 11.6. The summed E-state index contributed by atoms with van der Waals surface area (Å²) in [5.74, 6) is -0.278. The molecule has 0 unspecified atom stereocenters. The summed E-state index contributed by atoms with van der Waals surface area (Å²) in [5.41, 5.74) is 3.32. The number of rotatable bonds is 4. The smallest absolute Gasteiger partial charge is 0.334 e. The van der Waals surface area contributed by atoms with Crippen LogP contribution in [0, 0.1) is 0 Å². The topological polar surface area (TPSA) is 29.5 Å². The molecule has 0 aliphatic carbocycles. The van der Waals surface area contributed by atoms with Gasteiger partial charge in [0, 0.05) is 18.7 Å². The number of aryl methyl sites for hydroxylation is 1. The molecule has 3 heteroatoms. The number of nitrogens with zero attached hydrogens (tertiary/aromatic N) is 1. The van der Waals surface area contributed by atoms with Crippen LogP contribution in [0.3, 0.4) is 0 Å². The van der Waals surface area contributed by atoms with Crippen LogP contribution in [-0.2, 0) is 22.5 Å². The van der Waals surface area contributed by atoms with Gasteiger partial charge in [-0.2, -0.15) is 0 Å². The summed E-state index contributed by atoms with van der Waals surface area (Å²) in [6.07, 6.45) is 2.23. The lowest BCUT2D eigenvalue weighted by atomic mass is 10.0. The molecular weight excluding hydrogens is 238 g/mol. The van der Waals surface area contributed by atoms with Gasteiger partial charge in [-0.3, -0.25) is 4.90 Å². The van der Waals surface area contributed by atoms with Crippen LogP contribution in [0.2, 0.25) is 0 Å². The van der Waals surface area contributed by atoms with Gasteiger partial charge in [0.2, 0.25) is 0 Å². The molecule has 0 fully saturated rings. The van der Waals surface area contributed by atoms with Crippen molar-refractivity contribution in [3.05, 3.63) is 47.5 Å². The fourth-order valence-corrected chi connectivity index (χ4v) is 2.47. The van der Waals surface area contributed by atoms with E-state index >= 15 is 0 Å². The summed E-state index contributed by atoms with van der Waals surface area (Å²) in [4.78, 5) is 13.9. The van der Waals surface area contributed by atoms with E-state index in [0.717, 1.165) is 25.9 Å². The molecule has 0 aromatic heterocycles. The number of hydrogen-bond donors (Lipinski definition) is 0. The number of ether oxygens (including phenoxy) is 1. The van der Waals surface area contributed by atoms with Crippen LogP contribution in [0.25, 0.3) is 0 Å². The molecule has 1 aliphatic heterocycles. The van der Waals surface area contributed by atoms with Crippen molar-refractivity contribution in [3.63, 3.8) is 0 Å². The number of esters is 1. The second-order valence-corrected chi connectivity index (χ2v) is 4.91. The van der Waals surface area contributed by atoms with Crippen LogP contribution in [0.4, 0.5) is 0 Å². The first-order valence-corrected chi connectivity index (χ1v) is 6.84. The van der Waals surface area contributed by atoms with Gasteiger partial charge in [0.1, 0.15) is 0 Å². The molecule has 0 atom stereocenters. The Hall–Kier alpha value is -1.61. The third-order valence-corrected chi connectivity index (χ3v) is 3.41. The molecule has 3 nitrogen and oxygen atoms in total. The number of hydrogen-bond acceptors (Lipinski definition) is 3. The van der Waals surface area contributed by atoms with E-state index in [4.69, 9.17) is 4.74 Å². The highest BCUT2D eigenvalue weighted by Gasteiger charge is 2.17. The quantitative estimate of drug-likeness (QED) is 0.615. The Morgan fingerprint density at radius 2 is 2.11 bits per heavy atom. The van der Waals surface area contributed by atoms with Gasteiger partial charge in [-0.05, 0) is 37.4 Å². The predicted octanol–water partition coefficient (Wildman–Crippen LogP) is 2.55. The molecule has 0 bridgehead atoms. The molecule has 2 rings (SSSR count). The minimum Gasteiger partial charge on any atom is -0.463 e. The standard InChI is InChI=1S/C16H21NO2/c1-3-19-16(18)13(2)11-17-10-6-9-14-7-4-5-8-15(14)12-17/h4-5,7-8H,2-3,6,9-12H2,1H3. The first kappa shape index (κ1) is 13.8. The second kappa shape index (κ2) is 6.53. The summed E-state index contributed by atoms with van der Waals surface area (Å²) < 4.78 is 4.98. The third kappa shape index (κ3) is 3.67. The molecule has 0 radical (unpaired) electrons. The molecule has 0 saturated heterocycles. The molecule has 1 aliphatic rings. The average molecular weight is 259 g/mol. The number of carbonyl (C=O) groups excluding carboxylic acids is 1. The first-order valence-electron chi connectivity index (χ1n) is 6.84. The van der Waals surface area contributed by atoms with E-state index < -0.39 is 0 Å². The van der Waals surface area contributed by atoms with Gasteiger partial charge in [-0.25, -0.2) is 4.79 Å². The largest absolute Gasteiger partial charge is 0.463 e. The Morgan fingerprint density at radius 3 is 2.84 bits per heavy atom. The molecule has 1 heterocycles. The zero-order valence-electron chi connectivity index (χ0n) is 11.5. The Kier molecular flexibility index (Phi) is 4.74. The average Bonchev–Trinajstić information content (AvgIpc) is 2.60. The van der Waals surface area contributed by atoms with Crippen LogP contribution < -0.4 is 0 Å². The van der Waals surface area contributed by atoms with Crippen molar-refractivity contribution < 1.29 is 9.53 Å². The van der Waals surface area contributed by atoms with E-state index in [1.807, 2.05) is 6.92 Å². The van der Waals surface area contributed by atoms with Crippen molar-refractivity contribution in [3.8, 4) is 0 Å². The minimum atomic E-state index is -0.278. The lowest BCUT2D eigenvalue weighted by molar-refractivity contribution is -0.138. The molecule has 0 spiro atoms. The van der Waals surface area contributed by atoms with Crippen molar-refractivity contribution in [2.45, 2.75) is 26.3 Å². The number of carbonyl (C=O) groups is 1. The Balaban J connectivity index is 1.99. The van der Waals surface area contributed by atoms with E-state index in [0.29, 0.717) is 18.7 Å². The van der Waals surface area contributed by atoms with Gasteiger partial charge in [0.15, 0.2) is 0 Å². The first-order chi connectivity index (χ1) is 9.20. The van der Waals surface area contributed by atoms with Crippen LogP contribution in [0.15, 0.2) is 36.4 Å². The van der Waals surface area contributed by atoms with Crippen molar-refractivity contribution in [2.75, 3.05) is 19.7 Å². The molecule has 1 aromatic rings. The fourth-order valence-electron chi connectivity index (χ4n) is 2.47. The Labute approximate surface area is 114 Å². The van der Waals surface area contributed by atoms with Crippen LogP contribution in [0.5, 0.6) is 0 Å². The van der Waals surface area contributed by atoms with Crippen LogP contribution in [-0.4, -0.2) is 30.6 Å². The van der Waals surface area contributed by atoms with Gasteiger partial charge in [0.25, 0.3) is 0 Å². The molecule has 1 aromatic carbocycles. The fraction of sp³-hybridized carbons (Fsp3) is 0.438. The van der Waals surface area contributed by atoms with Crippen LogP contribution >= 0.6 is 0 Å². The van der Waals surface area contributed by atoms with E-state index in [1.54, 1.807) is 0 Å². The van der Waals surface area contributed by atoms with Crippen molar-refractivity contribution >= 4 is 5.97 Å². The van der Waals surface area contributed by atoms with Gasteiger partial charge in [-0.1, -0.05) is 30.8 Å². The molecule has 0 N–H and O–H groups in total. The van der Waals surface area contributed by atoms with E-state index in [2.05, 4.69) is 35.7 Å². The molecule has 19 heavy (non-hydrogen) atoms.